The minimum absolute atomic E-state index is 0. The van der Waals surface area contributed by atoms with E-state index in [-0.39, 0.29) is 18.3 Å². The van der Waals surface area contributed by atoms with Crippen LogP contribution in [0.4, 0.5) is 0 Å². The Morgan fingerprint density at radius 1 is 1.12 bits per heavy atom. The predicted octanol–water partition coefficient (Wildman–Crippen LogP) is 2.57. The lowest BCUT2D eigenvalue weighted by Crippen LogP contribution is -2.53. The first-order valence-corrected chi connectivity index (χ1v) is 6.07. The molecule has 1 unspecified atom stereocenters. The normalized spacial score (nSPS) is 13.8. The van der Waals surface area contributed by atoms with Crippen molar-refractivity contribution < 1.29 is 4.79 Å². The van der Waals surface area contributed by atoms with Crippen molar-refractivity contribution in [2.24, 2.45) is 5.73 Å². The van der Waals surface area contributed by atoms with Crippen molar-refractivity contribution in [2.75, 3.05) is 13.1 Å². The summed E-state index contributed by atoms with van der Waals surface area (Å²) >= 11 is 0. The second-order valence-corrected chi connectivity index (χ2v) is 4.46. The van der Waals surface area contributed by atoms with E-state index >= 15 is 0 Å². The summed E-state index contributed by atoms with van der Waals surface area (Å²) in [5.41, 5.74) is 5.36. The molecule has 0 saturated heterocycles. The summed E-state index contributed by atoms with van der Waals surface area (Å²) < 4.78 is 0. The van der Waals surface area contributed by atoms with E-state index in [1.165, 1.54) is 0 Å². The molecule has 0 heterocycles. The molecule has 3 nitrogen and oxygen atoms in total. The highest BCUT2D eigenvalue weighted by molar-refractivity contribution is 5.85. The van der Waals surface area contributed by atoms with E-state index in [4.69, 9.17) is 5.73 Å². The fourth-order valence-corrected chi connectivity index (χ4v) is 1.84. The zero-order valence-electron chi connectivity index (χ0n) is 11.1. The van der Waals surface area contributed by atoms with Gasteiger partial charge in [0.05, 0.1) is 5.54 Å². The molecule has 0 aliphatic rings. The van der Waals surface area contributed by atoms with Crippen LogP contribution in [0.3, 0.4) is 0 Å². The van der Waals surface area contributed by atoms with Gasteiger partial charge in [-0.1, -0.05) is 27.2 Å². The summed E-state index contributed by atoms with van der Waals surface area (Å²) in [7, 11) is 0. The molecule has 0 radical (unpaired) electrons. The van der Waals surface area contributed by atoms with E-state index in [9.17, 15) is 4.79 Å². The van der Waals surface area contributed by atoms with Crippen molar-refractivity contribution in [3.8, 4) is 0 Å². The molecule has 0 spiro atoms. The number of nitrogens with zero attached hydrogens (tertiary/aromatic N) is 1. The summed E-state index contributed by atoms with van der Waals surface area (Å²) in [6.07, 6.45) is 3.70. The number of carbonyl (C=O) groups is 1. The van der Waals surface area contributed by atoms with Crippen LogP contribution in [0.1, 0.15) is 53.4 Å². The smallest absolute Gasteiger partial charge is 0.242 e. The number of nitrogens with two attached hydrogens (primary N) is 1. The first-order valence-electron chi connectivity index (χ1n) is 6.07. The Hall–Kier alpha value is -0.280. The first-order chi connectivity index (χ1) is 6.99. The molecule has 0 aliphatic heterocycles. The molecule has 1 amide bonds. The topological polar surface area (TPSA) is 46.3 Å². The van der Waals surface area contributed by atoms with Gasteiger partial charge in [-0.15, -0.1) is 12.4 Å². The summed E-state index contributed by atoms with van der Waals surface area (Å²) in [5, 5.41) is 0. The zero-order chi connectivity index (χ0) is 11.9. The lowest BCUT2D eigenvalue weighted by atomic mass is 9.95. The quantitative estimate of drug-likeness (QED) is 0.755. The third-order valence-corrected chi connectivity index (χ3v) is 2.53. The Balaban J connectivity index is 0. The van der Waals surface area contributed by atoms with Crippen molar-refractivity contribution in [3.05, 3.63) is 0 Å². The molecule has 0 aliphatic carbocycles. The number of carbonyl (C=O) groups excluding carboxylic acids is 1. The Labute approximate surface area is 106 Å². The van der Waals surface area contributed by atoms with Gasteiger partial charge in [0.15, 0.2) is 0 Å². The van der Waals surface area contributed by atoms with Gasteiger partial charge in [0, 0.05) is 13.1 Å². The summed E-state index contributed by atoms with van der Waals surface area (Å²) in [4.78, 5) is 14.0. The first kappa shape index (κ1) is 18.1. The maximum absolute atomic E-state index is 12.1. The Morgan fingerprint density at radius 2 is 1.56 bits per heavy atom. The number of halogens is 1. The van der Waals surface area contributed by atoms with Crippen molar-refractivity contribution >= 4 is 18.3 Å². The van der Waals surface area contributed by atoms with E-state index in [0.29, 0.717) is 0 Å². The molecule has 2 N–H and O–H groups in total. The molecule has 1 atom stereocenters. The van der Waals surface area contributed by atoms with Crippen molar-refractivity contribution in [2.45, 2.75) is 58.9 Å². The molecule has 98 valence electrons. The highest BCUT2D eigenvalue weighted by Gasteiger charge is 2.30. The molecule has 0 aromatic carbocycles. The highest BCUT2D eigenvalue weighted by Crippen LogP contribution is 2.13. The molecular weight excluding hydrogens is 224 g/mol. The molecule has 0 saturated carbocycles. The zero-order valence-corrected chi connectivity index (χ0v) is 11.9. The molecule has 0 aromatic heterocycles. The highest BCUT2D eigenvalue weighted by atomic mass is 35.5. The number of rotatable bonds is 7. The maximum Gasteiger partial charge on any atom is 0.242 e. The van der Waals surface area contributed by atoms with E-state index in [1.807, 2.05) is 11.8 Å². The molecule has 0 aromatic rings. The Bertz CT molecular complexity index is 189. The molecular formula is C12H27ClN2O. The van der Waals surface area contributed by atoms with Crippen LogP contribution >= 0.6 is 12.4 Å². The lowest BCUT2D eigenvalue weighted by Gasteiger charge is -2.31. The van der Waals surface area contributed by atoms with Crippen molar-refractivity contribution in [1.82, 2.24) is 4.90 Å². The second kappa shape index (κ2) is 8.82. The fraction of sp³-hybridized carbons (Fsp3) is 0.917. The molecule has 0 bridgehead atoms. The fourth-order valence-electron chi connectivity index (χ4n) is 1.84. The van der Waals surface area contributed by atoms with Gasteiger partial charge in [0.1, 0.15) is 0 Å². The van der Waals surface area contributed by atoms with E-state index < -0.39 is 5.54 Å². The summed E-state index contributed by atoms with van der Waals surface area (Å²) in [5.74, 6) is 0.105. The minimum atomic E-state index is -0.681. The van der Waals surface area contributed by atoms with Crippen LogP contribution < -0.4 is 5.73 Å². The average Bonchev–Trinajstić information content (AvgIpc) is 2.16. The third-order valence-electron chi connectivity index (χ3n) is 2.53. The maximum atomic E-state index is 12.1. The van der Waals surface area contributed by atoms with E-state index in [0.717, 1.165) is 38.8 Å². The molecule has 0 fully saturated rings. The minimum Gasteiger partial charge on any atom is -0.341 e. The SMILES string of the molecule is CCCN(CCC)C(=O)C(C)(N)CCC.Cl. The largest absolute Gasteiger partial charge is 0.341 e. The predicted molar refractivity (Wildman–Crippen MR) is 71.9 cm³/mol. The number of hydrogen-bond donors (Lipinski definition) is 1. The van der Waals surface area contributed by atoms with Gasteiger partial charge in [0.25, 0.3) is 0 Å². The van der Waals surface area contributed by atoms with Crippen LogP contribution in [0.5, 0.6) is 0 Å². The van der Waals surface area contributed by atoms with E-state index in [1.54, 1.807) is 0 Å². The molecule has 4 heteroatoms. The van der Waals surface area contributed by atoms with Crippen LogP contribution in [-0.2, 0) is 4.79 Å². The standard InChI is InChI=1S/C12H26N2O.ClH/c1-5-8-12(4,13)11(15)14(9-6-2)10-7-3;/h5-10,13H2,1-4H3;1H. The van der Waals surface area contributed by atoms with Crippen LogP contribution in [0, 0.1) is 0 Å². The number of hydrogen-bond acceptors (Lipinski definition) is 2. The monoisotopic (exact) mass is 250 g/mol. The van der Waals surface area contributed by atoms with E-state index in [2.05, 4.69) is 20.8 Å². The summed E-state index contributed by atoms with van der Waals surface area (Å²) in [6, 6.07) is 0. The Morgan fingerprint density at radius 3 is 1.88 bits per heavy atom. The average molecular weight is 251 g/mol. The van der Waals surface area contributed by atoms with Crippen LogP contribution in [0.25, 0.3) is 0 Å². The van der Waals surface area contributed by atoms with Crippen molar-refractivity contribution in [1.29, 1.82) is 0 Å². The van der Waals surface area contributed by atoms with Gasteiger partial charge in [0.2, 0.25) is 5.91 Å². The van der Waals surface area contributed by atoms with Gasteiger partial charge >= 0.3 is 0 Å². The second-order valence-electron chi connectivity index (χ2n) is 4.46. The van der Waals surface area contributed by atoms with Crippen LogP contribution in [0.15, 0.2) is 0 Å². The summed E-state index contributed by atoms with van der Waals surface area (Å²) in [6.45, 7) is 9.72. The van der Waals surface area contributed by atoms with Gasteiger partial charge in [-0.05, 0) is 26.2 Å². The van der Waals surface area contributed by atoms with Gasteiger partial charge in [-0.2, -0.15) is 0 Å². The lowest BCUT2D eigenvalue weighted by molar-refractivity contribution is -0.136. The van der Waals surface area contributed by atoms with Crippen LogP contribution in [-0.4, -0.2) is 29.4 Å². The number of amides is 1. The molecule has 0 rings (SSSR count). The van der Waals surface area contributed by atoms with Gasteiger partial charge in [-0.25, -0.2) is 0 Å². The van der Waals surface area contributed by atoms with Gasteiger partial charge < -0.3 is 10.6 Å². The molecule has 16 heavy (non-hydrogen) atoms. The van der Waals surface area contributed by atoms with Crippen LogP contribution in [0.2, 0.25) is 0 Å². The third kappa shape index (κ3) is 5.71. The Kier molecular flexibility index (Phi) is 9.98. The van der Waals surface area contributed by atoms with Crippen molar-refractivity contribution in [3.63, 3.8) is 0 Å². The van der Waals surface area contributed by atoms with Gasteiger partial charge in [-0.3, -0.25) is 4.79 Å².